The molecule has 1 aliphatic rings. The second-order valence-electron chi connectivity index (χ2n) is 4.88. The molecule has 0 saturated carbocycles. The lowest BCUT2D eigenvalue weighted by molar-refractivity contribution is 0.257. The Morgan fingerprint density at radius 1 is 1.53 bits per heavy atom. The van der Waals surface area contributed by atoms with Crippen LogP contribution in [0.25, 0.3) is 0 Å². The van der Waals surface area contributed by atoms with Crippen LogP contribution in [0.15, 0.2) is 12.3 Å². The Labute approximate surface area is 104 Å². The van der Waals surface area contributed by atoms with E-state index >= 15 is 0 Å². The lowest BCUT2D eigenvalue weighted by Gasteiger charge is -2.24. The predicted octanol–water partition coefficient (Wildman–Crippen LogP) is 2.98. The summed E-state index contributed by atoms with van der Waals surface area (Å²) in [5.41, 5.74) is 2.63. The third-order valence-electron chi connectivity index (χ3n) is 3.60. The number of likely N-dealkylation sites (tertiary alicyclic amines) is 1. The molecule has 0 aromatic carbocycles. The molecule has 1 aliphatic heterocycles. The minimum Gasteiger partial charge on any atom is -0.373 e. The number of rotatable bonds is 4. The van der Waals surface area contributed by atoms with E-state index in [1.54, 1.807) is 0 Å². The summed E-state index contributed by atoms with van der Waals surface area (Å²) in [4.78, 5) is 7.09. The van der Waals surface area contributed by atoms with E-state index in [9.17, 15) is 0 Å². The van der Waals surface area contributed by atoms with E-state index < -0.39 is 0 Å². The normalized spacial score (nSPS) is 20.8. The van der Waals surface area contributed by atoms with Crippen LogP contribution in [-0.4, -0.2) is 30.0 Å². The molecule has 1 atom stereocenters. The maximum atomic E-state index is 4.50. The third kappa shape index (κ3) is 2.60. The van der Waals surface area contributed by atoms with Crippen molar-refractivity contribution in [2.24, 2.45) is 0 Å². The van der Waals surface area contributed by atoms with Gasteiger partial charge in [-0.1, -0.05) is 6.92 Å². The molecule has 0 aliphatic carbocycles. The smallest absolute Gasteiger partial charge is 0.128 e. The summed E-state index contributed by atoms with van der Waals surface area (Å²) in [6.07, 6.45) is 5.87. The molecule has 0 bridgehead atoms. The third-order valence-corrected chi connectivity index (χ3v) is 3.60. The number of anilines is 1. The zero-order valence-corrected chi connectivity index (χ0v) is 11.2. The van der Waals surface area contributed by atoms with Gasteiger partial charge in [-0.05, 0) is 56.5 Å². The first-order valence-corrected chi connectivity index (χ1v) is 6.64. The van der Waals surface area contributed by atoms with Crippen molar-refractivity contribution in [3.05, 3.63) is 23.4 Å². The standard InChI is InChI=1S/C14H23N3/c1-4-7-17-8-5-6-13(17)12-9-11(2)14(15-3)16-10-12/h9-10,13H,4-8H2,1-3H3,(H,15,16)/t13-/m1/s1. The van der Waals surface area contributed by atoms with Crippen molar-refractivity contribution in [1.29, 1.82) is 0 Å². The topological polar surface area (TPSA) is 28.2 Å². The molecular weight excluding hydrogens is 210 g/mol. The van der Waals surface area contributed by atoms with Gasteiger partial charge in [-0.3, -0.25) is 4.90 Å². The number of nitrogens with one attached hydrogen (secondary N) is 1. The maximum absolute atomic E-state index is 4.50. The minimum absolute atomic E-state index is 0.590. The summed E-state index contributed by atoms with van der Waals surface area (Å²) in [6, 6.07) is 2.88. The molecule has 0 amide bonds. The van der Waals surface area contributed by atoms with E-state index in [1.807, 2.05) is 13.2 Å². The summed E-state index contributed by atoms with van der Waals surface area (Å²) >= 11 is 0. The van der Waals surface area contributed by atoms with Gasteiger partial charge in [0.15, 0.2) is 0 Å². The van der Waals surface area contributed by atoms with Crippen LogP contribution < -0.4 is 5.32 Å². The molecular formula is C14H23N3. The lowest BCUT2D eigenvalue weighted by Crippen LogP contribution is -2.24. The van der Waals surface area contributed by atoms with Crippen molar-refractivity contribution in [2.45, 2.75) is 39.2 Å². The van der Waals surface area contributed by atoms with Gasteiger partial charge in [0.2, 0.25) is 0 Å². The van der Waals surface area contributed by atoms with Crippen LogP contribution in [0, 0.1) is 6.92 Å². The predicted molar refractivity (Wildman–Crippen MR) is 72.4 cm³/mol. The van der Waals surface area contributed by atoms with E-state index in [1.165, 1.54) is 43.5 Å². The number of hydrogen-bond acceptors (Lipinski definition) is 3. The summed E-state index contributed by atoms with van der Waals surface area (Å²) in [6.45, 7) is 6.83. The van der Waals surface area contributed by atoms with Gasteiger partial charge in [-0.15, -0.1) is 0 Å². The zero-order valence-electron chi connectivity index (χ0n) is 11.2. The van der Waals surface area contributed by atoms with E-state index in [0.717, 1.165) is 5.82 Å². The molecule has 0 unspecified atom stereocenters. The molecule has 0 radical (unpaired) electrons. The van der Waals surface area contributed by atoms with Crippen molar-refractivity contribution in [2.75, 3.05) is 25.5 Å². The highest BCUT2D eigenvalue weighted by molar-refractivity contribution is 5.44. The Hall–Kier alpha value is -1.09. The van der Waals surface area contributed by atoms with E-state index in [0.29, 0.717) is 6.04 Å². The number of hydrogen-bond donors (Lipinski definition) is 1. The van der Waals surface area contributed by atoms with Crippen molar-refractivity contribution >= 4 is 5.82 Å². The molecule has 3 nitrogen and oxygen atoms in total. The average molecular weight is 233 g/mol. The largest absolute Gasteiger partial charge is 0.373 e. The molecule has 1 aromatic heterocycles. The first-order chi connectivity index (χ1) is 8.26. The van der Waals surface area contributed by atoms with Gasteiger partial charge >= 0.3 is 0 Å². The van der Waals surface area contributed by atoms with E-state index in [-0.39, 0.29) is 0 Å². The van der Waals surface area contributed by atoms with Crippen LogP contribution in [0.4, 0.5) is 5.82 Å². The van der Waals surface area contributed by atoms with Crippen LogP contribution in [-0.2, 0) is 0 Å². The molecule has 2 heterocycles. The van der Waals surface area contributed by atoms with Gasteiger partial charge in [0.1, 0.15) is 5.82 Å². The molecule has 1 N–H and O–H groups in total. The fraction of sp³-hybridized carbons (Fsp3) is 0.643. The lowest BCUT2D eigenvalue weighted by atomic mass is 10.0. The monoisotopic (exact) mass is 233 g/mol. The number of aryl methyl sites for hydroxylation is 1. The van der Waals surface area contributed by atoms with Gasteiger partial charge in [-0.25, -0.2) is 4.98 Å². The van der Waals surface area contributed by atoms with Gasteiger partial charge in [0.25, 0.3) is 0 Å². The molecule has 3 heteroatoms. The summed E-state index contributed by atoms with van der Waals surface area (Å²) in [5.74, 6) is 0.994. The second-order valence-corrected chi connectivity index (χ2v) is 4.88. The fourth-order valence-corrected chi connectivity index (χ4v) is 2.80. The first kappa shape index (κ1) is 12.4. The molecule has 2 rings (SSSR count). The Kier molecular flexibility index (Phi) is 4.00. The summed E-state index contributed by atoms with van der Waals surface area (Å²) in [5, 5.41) is 3.12. The van der Waals surface area contributed by atoms with Crippen molar-refractivity contribution in [3.8, 4) is 0 Å². The SMILES string of the molecule is CCCN1CCC[C@@H]1c1cnc(NC)c(C)c1. The minimum atomic E-state index is 0.590. The fourth-order valence-electron chi connectivity index (χ4n) is 2.80. The molecule has 94 valence electrons. The highest BCUT2D eigenvalue weighted by Gasteiger charge is 2.25. The maximum Gasteiger partial charge on any atom is 0.128 e. The summed E-state index contributed by atoms with van der Waals surface area (Å²) < 4.78 is 0. The number of nitrogens with zero attached hydrogens (tertiary/aromatic N) is 2. The quantitative estimate of drug-likeness (QED) is 0.866. The van der Waals surface area contributed by atoms with Crippen LogP contribution in [0.5, 0.6) is 0 Å². The Morgan fingerprint density at radius 2 is 2.35 bits per heavy atom. The van der Waals surface area contributed by atoms with E-state index in [4.69, 9.17) is 0 Å². The van der Waals surface area contributed by atoms with Crippen molar-refractivity contribution in [1.82, 2.24) is 9.88 Å². The summed E-state index contributed by atoms with van der Waals surface area (Å²) in [7, 11) is 1.92. The van der Waals surface area contributed by atoms with E-state index in [2.05, 4.69) is 35.1 Å². The first-order valence-electron chi connectivity index (χ1n) is 6.64. The van der Waals surface area contributed by atoms with Gasteiger partial charge in [0.05, 0.1) is 0 Å². The Balaban J connectivity index is 2.18. The average Bonchev–Trinajstić information content (AvgIpc) is 2.78. The van der Waals surface area contributed by atoms with Crippen molar-refractivity contribution < 1.29 is 0 Å². The van der Waals surface area contributed by atoms with Gasteiger partial charge < -0.3 is 5.32 Å². The zero-order chi connectivity index (χ0) is 12.3. The molecule has 1 aromatic rings. The van der Waals surface area contributed by atoms with Crippen LogP contribution >= 0.6 is 0 Å². The van der Waals surface area contributed by atoms with Gasteiger partial charge in [-0.2, -0.15) is 0 Å². The molecule has 17 heavy (non-hydrogen) atoms. The van der Waals surface area contributed by atoms with Gasteiger partial charge in [0, 0.05) is 19.3 Å². The number of aromatic nitrogens is 1. The molecule has 1 saturated heterocycles. The highest BCUT2D eigenvalue weighted by Crippen LogP contribution is 2.32. The molecule has 0 spiro atoms. The van der Waals surface area contributed by atoms with Crippen molar-refractivity contribution in [3.63, 3.8) is 0 Å². The van der Waals surface area contributed by atoms with Crippen LogP contribution in [0.1, 0.15) is 43.4 Å². The second kappa shape index (κ2) is 5.50. The Morgan fingerprint density at radius 3 is 3.00 bits per heavy atom. The van der Waals surface area contributed by atoms with Crippen LogP contribution in [0.2, 0.25) is 0 Å². The number of pyridine rings is 1. The van der Waals surface area contributed by atoms with Crippen LogP contribution in [0.3, 0.4) is 0 Å². The Bertz CT molecular complexity index is 376. The molecule has 1 fully saturated rings. The highest BCUT2D eigenvalue weighted by atomic mass is 15.2.